The summed E-state index contributed by atoms with van der Waals surface area (Å²) >= 11 is 0. The van der Waals surface area contributed by atoms with E-state index in [0.717, 1.165) is 5.56 Å². The molecular weight excluding hydrogens is 274 g/mol. The summed E-state index contributed by atoms with van der Waals surface area (Å²) in [6, 6.07) is 5.15. The number of hydrogen-bond acceptors (Lipinski definition) is 7. The highest BCUT2D eigenvalue weighted by atomic mass is 16.5. The van der Waals surface area contributed by atoms with Crippen LogP contribution in [-0.2, 0) is 13.6 Å². The lowest BCUT2D eigenvalue weighted by Gasteiger charge is -1.97. The molecule has 3 aromatic heterocycles. The van der Waals surface area contributed by atoms with E-state index in [9.17, 15) is 4.79 Å². The van der Waals surface area contributed by atoms with E-state index in [1.807, 2.05) is 6.07 Å². The van der Waals surface area contributed by atoms with Crippen LogP contribution in [0, 0.1) is 0 Å². The minimum Gasteiger partial charge on any atom is -0.355 e. The standard InChI is InChI=1S/C12H11N7O2/c1-19-16-11(15-18-19)7-14-12(20)9-5-10(21-17-9)8-3-2-4-13-6-8/h2-6H,7H2,1H3,(H,14,20). The van der Waals surface area contributed by atoms with E-state index >= 15 is 0 Å². The fraction of sp³-hybridized carbons (Fsp3) is 0.167. The van der Waals surface area contributed by atoms with Crippen molar-refractivity contribution in [3.05, 3.63) is 42.1 Å². The van der Waals surface area contributed by atoms with Crippen LogP contribution >= 0.6 is 0 Å². The highest BCUT2D eigenvalue weighted by Crippen LogP contribution is 2.18. The first-order valence-corrected chi connectivity index (χ1v) is 6.10. The van der Waals surface area contributed by atoms with Crippen molar-refractivity contribution < 1.29 is 9.32 Å². The largest absolute Gasteiger partial charge is 0.355 e. The Bertz CT molecular complexity index is 750. The monoisotopic (exact) mass is 285 g/mol. The van der Waals surface area contributed by atoms with Gasteiger partial charge in [0.05, 0.1) is 13.6 Å². The van der Waals surface area contributed by atoms with Gasteiger partial charge < -0.3 is 9.84 Å². The van der Waals surface area contributed by atoms with Crippen LogP contribution in [0.2, 0.25) is 0 Å². The fourth-order valence-electron chi connectivity index (χ4n) is 1.67. The quantitative estimate of drug-likeness (QED) is 0.728. The van der Waals surface area contributed by atoms with Gasteiger partial charge in [0.15, 0.2) is 17.3 Å². The second-order valence-corrected chi connectivity index (χ2v) is 4.20. The minimum absolute atomic E-state index is 0.168. The van der Waals surface area contributed by atoms with Gasteiger partial charge in [-0.1, -0.05) is 5.16 Å². The fourth-order valence-corrected chi connectivity index (χ4v) is 1.67. The molecule has 3 heterocycles. The molecule has 0 saturated heterocycles. The van der Waals surface area contributed by atoms with Gasteiger partial charge in [0.2, 0.25) is 0 Å². The van der Waals surface area contributed by atoms with E-state index < -0.39 is 0 Å². The normalized spacial score (nSPS) is 10.5. The Morgan fingerprint density at radius 2 is 2.38 bits per heavy atom. The smallest absolute Gasteiger partial charge is 0.273 e. The maximum Gasteiger partial charge on any atom is 0.273 e. The van der Waals surface area contributed by atoms with Crippen LogP contribution in [-0.4, -0.2) is 36.3 Å². The molecule has 0 bridgehead atoms. The number of nitrogens with one attached hydrogen (secondary N) is 1. The lowest BCUT2D eigenvalue weighted by atomic mass is 10.2. The molecule has 1 amide bonds. The Morgan fingerprint density at radius 1 is 1.48 bits per heavy atom. The summed E-state index contributed by atoms with van der Waals surface area (Å²) in [5, 5.41) is 17.8. The topological polar surface area (TPSA) is 112 Å². The number of aromatic nitrogens is 6. The zero-order valence-electron chi connectivity index (χ0n) is 11.1. The van der Waals surface area contributed by atoms with Crippen LogP contribution in [0.3, 0.4) is 0 Å². The van der Waals surface area contributed by atoms with Crippen molar-refractivity contribution in [1.82, 2.24) is 35.7 Å². The maximum absolute atomic E-state index is 11.9. The molecule has 0 saturated carbocycles. The van der Waals surface area contributed by atoms with E-state index in [2.05, 4.69) is 30.9 Å². The first-order chi connectivity index (χ1) is 10.2. The predicted molar refractivity (Wildman–Crippen MR) is 69.7 cm³/mol. The molecule has 0 atom stereocenters. The van der Waals surface area contributed by atoms with Gasteiger partial charge in [0.25, 0.3) is 5.91 Å². The summed E-state index contributed by atoms with van der Waals surface area (Å²) < 4.78 is 5.13. The number of carbonyl (C=O) groups is 1. The summed E-state index contributed by atoms with van der Waals surface area (Å²) in [5.41, 5.74) is 0.928. The molecule has 0 aliphatic heterocycles. The van der Waals surface area contributed by atoms with Gasteiger partial charge in [0.1, 0.15) is 0 Å². The molecule has 0 aromatic carbocycles. The molecule has 0 unspecified atom stereocenters. The van der Waals surface area contributed by atoms with Crippen molar-refractivity contribution in [3.63, 3.8) is 0 Å². The Kier molecular flexibility index (Phi) is 3.37. The van der Waals surface area contributed by atoms with Gasteiger partial charge >= 0.3 is 0 Å². The van der Waals surface area contributed by atoms with Crippen LogP contribution in [0.5, 0.6) is 0 Å². The Labute approximate surface area is 119 Å². The van der Waals surface area contributed by atoms with Gasteiger partial charge in [-0.25, -0.2) is 0 Å². The van der Waals surface area contributed by atoms with Gasteiger partial charge in [-0.2, -0.15) is 4.80 Å². The zero-order valence-corrected chi connectivity index (χ0v) is 11.1. The number of hydrogen-bond donors (Lipinski definition) is 1. The van der Waals surface area contributed by atoms with Crippen molar-refractivity contribution in [2.75, 3.05) is 0 Å². The number of rotatable bonds is 4. The molecule has 3 aromatic rings. The van der Waals surface area contributed by atoms with Gasteiger partial charge in [-0.15, -0.1) is 10.2 Å². The molecule has 21 heavy (non-hydrogen) atoms. The number of tetrazole rings is 1. The molecule has 0 spiro atoms. The van der Waals surface area contributed by atoms with Crippen LogP contribution in [0.25, 0.3) is 11.3 Å². The average Bonchev–Trinajstić information content (AvgIpc) is 3.15. The summed E-state index contributed by atoms with van der Waals surface area (Å²) in [6.45, 7) is 0.168. The van der Waals surface area contributed by atoms with E-state index in [1.165, 1.54) is 4.80 Å². The summed E-state index contributed by atoms with van der Waals surface area (Å²) in [6.07, 6.45) is 3.28. The van der Waals surface area contributed by atoms with E-state index in [1.54, 1.807) is 31.6 Å². The molecule has 106 valence electrons. The molecular formula is C12H11N7O2. The number of nitrogens with zero attached hydrogens (tertiary/aromatic N) is 6. The lowest BCUT2D eigenvalue weighted by Crippen LogP contribution is -2.23. The van der Waals surface area contributed by atoms with Crippen molar-refractivity contribution in [2.24, 2.45) is 7.05 Å². The molecule has 0 fully saturated rings. The number of pyridine rings is 1. The van der Waals surface area contributed by atoms with E-state index in [4.69, 9.17) is 4.52 Å². The van der Waals surface area contributed by atoms with Crippen LogP contribution in [0.4, 0.5) is 0 Å². The average molecular weight is 285 g/mol. The highest BCUT2D eigenvalue weighted by Gasteiger charge is 2.14. The number of aryl methyl sites for hydroxylation is 1. The van der Waals surface area contributed by atoms with Crippen molar-refractivity contribution >= 4 is 5.91 Å². The second-order valence-electron chi connectivity index (χ2n) is 4.20. The molecule has 0 radical (unpaired) electrons. The zero-order chi connectivity index (χ0) is 14.7. The number of carbonyl (C=O) groups excluding carboxylic acids is 1. The molecule has 0 aliphatic carbocycles. The predicted octanol–water partition coefficient (Wildman–Crippen LogP) is 0.190. The minimum atomic E-state index is -0.374. The third-order valence-corrected chi connectivity index (χ3v) is 2.65. The first-order valence-electron chi connectivity index (χ1n) is 6.10. The van der Waals surface area contributed by atoms with Crippen molar-refractivity contribution in [3.8, 4) is 11.3 Å². The summed E-state index contributed by atoms with van der Waals surface area (Å²) in [5.74, 6) is 0.522. The lowest BCUT2D eigenvalue weighted by molar-refractivity contribution is 0.0941. The van der Waals surface area contributed by atoms with Gasteiger partial charge in [-0.05, 0) is 17.3 Å². The SMILES string of the molecule is Cn1nnc(CNC(=O)c2cc(-c3cccnc3)on2)n1. The molecule has 1 N–H and O–H groups in total. The van der Waals surface area contributed by atoms with Crippen molar-refractivity contribution in [1.29, 1.82) is 0 Å². The van der Waals surface area contributed by atoms with Crippen LogP contribution < -0.4 is 5.32 Å². The first kappa shape index (κ1) is 12.9. The van der Waals surface area contributed by atoms with E-state index in [-0.39, 0.29) is 18.1 Å². The third-order valence-electron chi connectivity index (χ3n) is 2.65. The van der Waals surface area contributed by atoms with E-state index in [0.29, 0.717) is 11.6 Å². The highest BCUT2D eigenvalue weighted by molar-refractivity contribution is 5.92. The Morgan fingerprint density at radius 3 is 3.10 bits per heavy atom. The number of amides is 1. The molecule has 9 heteroatoms. The summed E-state index contributed by atoms with van der Waals surface area (Å²) in [7, 11) is 1.65. The second kappa shape index (κ2) is 5.49. The van der Waals surface area contributed by atoms with Crippen LogP contribution in [0.1, 0.15) is 16.3 Å². The van der Waals surface area contributed by atoms with Crippen LogP contribution in [0.15, 0.2) is 35.1 Å². The Balaban J connectivity index is 1.67. The Hall–Kier alpha value is -3.10. The van der Waals surface area contributed by atoms with Crippen molar-refractivity contribution in [2.45, 2.75) is 6.54 Å². The molecule has 3 rings (SSSR count). The molecule has 9 nitrogen and oxygen atoms in total. The summed E-state index contributed by atoms with van der Waals surface area (Å²) in [4.78, 5) is 17.2. The third kappa shape index (κ3) is 2.91. The maximum atomic E-state index is 11.9. The van der Waals surface area contributed by atoms with Gasteiger partial charge in [-0.3, -0.25) is 9.78 Å². The van der Waals surface area contributed by atoms with Gasteiger partial charge in [0, 0.05) is 24.0 Å². The molecule has 0 aliphatic rings.